The number of alkyl halides is 3. The van der Waals surface area contributed by atoms with Crippen LogP contribution < -0.4 is 5.73 Å². The van der Waals surface area contributed by atoms with Gasteiger partial charge in [0.1, 0.15) is 0 Å². The van der Waals surface area contributed by atoms with Gasteiger partial charge in [0.15, 0.2) is 0 Å². The van der Waals surface area contributed by atoms with Crippen LogP contribution in [0.15, 0.2) is 18.2 Å². The molecule has 0 bridgehead atoms. The van der Waals surface area contributed by atoms with Crippen LogP contribution in [0, 0.1) is 0 Å². The summed E-state index contributed by atoms with van der Waals surface area (Å²) in [5.74, 6) is 0. The predicted octanol–water partition coefficient (Wildman–Crippen LogP) is 2.40. The van der Waals surface area contributed by atoms with Crippen molar-refractivity contribution in [1.82, 2.24) is 0 Å². The molecular formula is C12H14F3NO. The van der Waals surface area contributed by atoms with Crippen molar-refractivity contribution < 1.29 is 18.3 Å². The highest BCUT2D eigenvalue weighted by Gasteiger charge is 2.37. The highest BCUT2D eigenvalue weighted by atomic mass is 19.4. The summed E-state index contributed by atoms with van der Waals surface area (Å²) in [5, 5.41) is 9.93. The first kappa shape index (κ1) is 12.4. The van der Waals surface area contributed by atoms with E-state index >= 15 is 0 Å². The van der Waals surface area contributed by atoms with Gasteiger partial charge >= 0.3 is 6.18 Å². The normalized spacial score (nSPS) is 25.2. The monoisotopic (exact) mass is 245 g/mol. The van der Waals surface area contributed by atoms with Crippen molar-refractivity contribution >= 4 is 0 Å². The summed E-state index contributed by atoms with van der Waals surface area (Å²) in [6.07, 6.45) is -3.91. The number of halogens is 3. The summed E-state index contributed by atoms with van der Waals surface area (Å²) < 4.78 is 38.6. The first-order valence-corrected chi connectivity index (χ1v) is 5.54. The Bertz CT molecular complexity index is 417. The number of nitrogens with two attached hydrogens (primary N) is 1. The van der Waals surface area contributed by atoms with Crippen LogP contribution in [0.4, 0.5) is 13.2 Å². The number of hydrogen-bond acceptors (Lipinski definition) is 2. The number of fused-ring (bicyclic) bond motifs is 1. The van der Waals surface area contributed by atoms with Crippen LogP contribution in [0.1, 0.15) is 35.6 Å². The van der Waals surface area contributed by atoms with Gasteiger partial charge in [-0.2, -0.15) is 13.2 Å². The molecule has 0 aliphatic heterocycles. The second-order valence-electron chi connectivity index (χ2n) is 4.38. The minimum absolute atomic E-state index is 0.0370. The maximum atomic E-state index is 12.9. The summed E-state index contributed by atoms with van der Waals surface area (Å²) in [6.45, 7) is 0. The molecule has 5 heteroatoms. The first-order chi connectivity index (χ1) is 7.91. The lowest BCUT2D eigenvalue weighted by atomic mass is 9.93. The molecule has 0 unspecified atom stereocenters. The van der Waals surface area contributed by atoms with E-state index < -0.39 is 23.9 Å². The summed E-state index contributed by atoms with van der Waals surface area (Å²) in [7, 11) is 0. The van der Waals surface area contributed by atoms with Crippen LogP contribution in [-0.4, -0.2) is 11.1 Å². The molecule has 0 heterocycles. The van der Waals surface area contributed by atoms with Gasteiger partial charge in [-0.25, -0.2) is 0 Å². The minimum atomic E-state index is -4.45. The fourth-order valence-electron chi connectivity index (χ4n) is 2.33. The number of aliphatic hydroxyl groups is 1. The summed E-state index contributed by atoms with van der Waals surface area (Å²) in [5.41, 5.74) is 5.44. The molecule has 0 radical (unpaired) electrons. The van der Waals surface area contributed by atoms with Gasteiger partial charge in [-0.15, -0.1) is 0 Å². The number of aliphatic hydroxyl groups excluding tert-OH is 1. The van der Waals surface area contributed by atoms with E-state index in [2.05, 4.69) is 0 Å². The number of rotatable bonds is 0. The van der Waals surface area contributed by atoms with E-state index in [9.17, 15) is 18.3 Å². The molecule has 1 aromatic rings. The lowest BCUT2D eigenvalue weighted by molar-refractivity contribution is -0.139. The molecule has 0 spiro atoms. The van der Waals surface area contributed by atoms with Crippen molar-refractivity contribution in [3.05, 3.63) is 34.9 Å². The lowest BCUT2D eigenvalue weighted by Crippen LogP contribution is -2.29. The smallest absolute Gasteiger partial charge is 0.387 e. The van der Waals surface area contributed by atoms with E-state index in [1.54, 1.807) is 6.07 Å². The SMILES string of the molecule is N[C@@H]1CCCc2cccc(C(F)(F)F)c2[C@@H]1O. The predicted molar refractivity (Wildman–Crippen MR) is 57.3 cm³/mol. The third kappa shape index (κ3) is 2.30. The Morgan fingerprint density at radius 1 is 1.29 bits per heavy atom. The molecular weight excluding hydrogens is 231 g/mol. The molecule has 1 aromatic carbocycles. The van der Waals surface area contributed by atoms with Gasteiger partial charge in [0.25, 0.3) is 0 Å². The van der Waals surface area contributed by atoms with Gasteiger partial charge in [-0.3, -0.25) is 0 Å². The summed E-state index contributed by atoms with van der Waals surface area (Å²) >= 11 is 0. The van der Waals surface area contributed by atoms with Crippen molar-refractivity contribution in [2.24, 2.45) is 5.73 Å². The molecule has 0 saturated heterocycles. The van der Waals surface area contributed by atoms with Gasteiger partial charge in [0.2, 0.25) is 0 Å². The molecule has 17 heavy (non-hydrogen) atoms. The quantitative estimate of drug-likeness (QED) is 0.689. The highest BCUT2D eigenvalue weighted by molar-refractivity contribution is 5.40. The van der Waals surface area contributed by atoms with Crippen molar-refractivity contribution in [3.8, 4) is 0 Å². The number of benzene rings is 1. The van der Waals surface area contributed by atoms with E-state index in [1.165, 1.54) is 6.07 Å². The van der Waals surface area contributed by atoms with E-state index in [-0.39, 0.29) is 5.56 Å². The molecule has 3 N–H and O–H groups in total. The molecule has 94 valence electrons. The second kappa shape index (κ2) is 4.31. The van der Waals surface area contributed by atoms with E-state index in [0.29, 0.717) is 24.8 Å². The fraction of sp³-hybridized carbons (Fsp3) is 0.500. The first-order valence-electron chi connectivity index (χ1n) is 5.54. The van der Waals surface area contributed by atoms with Gasteiger partial charge in [-0.1, -0.05) is 12.1 Å². The molecule has 2 atom stereocenters. The maximum Gasteiger partial charge on any atom is 0.416 e. The lowest BCUT2D eigenvalue weighted by Gasteiger charge is -2.22. The summed E-state index contributed by atoms with van der Waals surface area (Å²) in [6, 6.07) is 3.39. The van der Waals surface area contributed by atoms with E-state index in [4.69, 9.17) is 5.73 Å². The Morgan fingerprint density at radius 3 is 2.65 bits per heavy atom. The molecule has 2 nitrogen and oxygen atoms in total. The molecule has 0 fully saturated rings. The van der Waals surface area contributed by atoms with Crippen molar-refractivity contribution in [3.63, 3.8) is 0 Å². The minimum Gasteiger partial charge on any atom is -0.387 e. The van der Waals surface area contributed by atoms with Gasteiger partial charge in [-0.05, 0) is 36.5 Å². The van der Waals surface area contributed by atoms with Crippen molar-refractivity contribution in [2.75, 3.05) is 0 Å². The Hall–Kier alpha value is -1.07. The molecule has 1 aliphatic rings. The van der Waals surface area contributed by atoms with Crippen molar-refractivity contribution in [1.29, 1.82) is 0 Å². The topological polar surface area (TPSA) is 46.2 Å². The van der Waals surface area contributed by atoms with Crippen LogP contribution in [0.3, 0.4) is 0 Å². The summed E-state index contributed by atoms with van der Waals surface area (Å²) in [4.78, 5) is 0. The zero-order valence-electron chi connectivity index (χ0n) is 9.17. The van der Waals surface area contributed by atoms with Crippen molar-refractivity contribution in [2.45, 2.75) is 37.6 Å². The maximum absolute atomic E-state index is 12.9. The molecule has 0 saturated carbocycles. The van der Waals surface area contributed by atoms with E-state index in [0.717, 1.165) is 6.07 Å². The molecule has 0 aromatic heterocycles. The van der Waals surface area contributed by atoms with Crippen LogP contribution in [-0.2, 0) is 12.6 Å². The average molecular weight is 245 g/mol. The fourth-order valence-corrected chi connectivity index (χ4v) is 2.33. The van der Waals surface area contributed by atoms with E-state index in [1.807, 2.05) is 0 Å². The zero-order valence-corrected chi connectivity index (χ0v) is 9.17. The third-order valence-electron chi connectivity index (χ3n) is 3.19. The molecule has 2 rings (SSSR count). The number of aryl methyl sites for hydroxylation is 1. The Morgan fingerprint density at radius 2 is 2.00 bits per heavy atom. The van der Waals surface area contributed by atoms with Crippen LogP contribution in [0.5, 0.6) is 0 Å². The Labute approximate surface area is 97.2 Å². The van der Waals surface area contributed by atoms with Gasteiger partial charge in [0, 0.05) is 6.04 Å². The Balaban J connectivity index is 2.58. The van der Waals surface area contributed by atoms with Crippen LogP contribution in [0.25, 0.3) is 0 Å². The average Bonchev–Trinajstić information content (AvgIpc) is 2.39. The van der Waals surface area contributed by atoms with Crippen LogP contribution in [0.2, 0.25) is 0 Å². The zero-order chi connectivity index (χ0) is 12.6. The second-order valence-corrected chi connectivity index (χ2v) is 4.38. The largest absolute Gasteiger partial charge is 0.416 e. The molecule has 0 amide bonds. The number of hydrogen-bond donors (Lipinski definition) is 2. The van der Waals surface area contributed by atoms with Gasteiger partial charge in [0.05, 0.1) is 11.7 Å². The third-order valence-corrected chi connectivity index (χ3v) is 3.19. The Kier molecular flexibility index (Phi) is 3.14. The molecule has 1 aliphatic carbocycles. The standard InChI is InChI=1S/C12H14F3NO/c13-12(14,15)8-5-1-3-7-4-2-6-9(16)11(17)10(7)8/h1,3,5,9,11,17H,2,4,6,16H2/t9-,11-/m1/s1. The highest BCUT2D eigenvalue weighted by Crippen LogP contribution is 2.39. The van der Waals surface area contributed by atoms with Gasteiger partial charge < -0.3 is 10.8 Å². The van der Waals surface area contributed by atoms with Crippen LogP contribution >= 0.6 is 0 Å².